The Balaban J connectivity index is 1.57. The van der Waals surface area contributed by atoms with Gasteiger partial charge in [0, 0.05) is 72.6 Å². The molecule has 7 heterocycles. The summed E-state index contributed by atoms with van der Waals surface area (Å²) in [7, 11) is 0. The molecule has 9 aromatic rings. The highest BCUT2D eigenvalue weighted by atomic mass is 32.1. The van der Waals surface area contributed by atoms with E-state index in [2.05, 4.69) is 33.3 Å². The number of nitrogens with one attached hydrogen (secondary N) is 1. The zero-order chi connectivity index (χ0) is 28.3. The Kier molecular flexibility index (Phi) is 5.54. The van der Waals surface area contributed by atoms with Crippen LogP contribution in [0, 0.1) is 0 Å². The lowest BCUT2D eigenvalue weighted by Gasteiger charge is -2.18. The lowest BCUT2D eigenvalue weighted by molar-refractivity contribution is 0.422. The second-order valence-electron chi connectivity index (χ2n) is 9.69. The van der Waals surface area contributed by atoms with Crippen LogP contribution in [0.5, 0.6) is 0 Å². The summed E-state index contributed by atoms with van der Waals surface area (Å²) in [5, 5.41) is 11.2. The van der Waals surface area contributed by atoms with Gasteiger partial charge in [0.2, 0.25) is 5.89 Å². The van der Waals surface area contributed by atoms with Gasteiger partial charge in [0.15, 0.2) is 0 Å². The molecule has 0 radical (unpaired) electrons. The largest absolute Gasteiger partial charge is 0.456 e. The number of H-pyrrole nitrogens is 1. The number of thiophene rings is 1. The Hall–Kier alpha value is -5.10. The number of fused-ring (bicyclic) bond motifs is 2. The minimum absolute atomic E-state index is 0.509. The first-order valence-electron chi connectivity index (χ1n) is 13.3. The molecule has 0 aliphatic rings. The second-order valence-corrected chi connectivity index (χ2v) is 12.3. The minimum atomic E-state index is 0.509. The monoisotopic (exact) mass is 615 g/mol. The van der Waals surface area contributed by atoms with Gasteiger partial charge >= 0.3 is 0 Å². The number of hydrogen-bond acceptors (Lipinski definition) is 10. The maximum Gasteiger partial charge on any atom is 0.228 e. The maximum atomic E-state index is 6.62. The van der Waals surface area contributed by atoms with E-state index in [1.165, 1.54) is 11.5 Å². The van der Waals surface area contributed by atoms with Crippen LogP contribution < -0.4 is 0 Å². The Morgan fingerprint density at radius 1 is 0.791 bits per heavy atom. The Bertz CT molecular complexity index is 2300. The predicted molar refractivity (Wildman–Crippen MR) is 170 cm³/mol. The minimum Gasteiger partial charge on any atom is -0.456 e. The van der Waals surface area contributed by atoms with Crippen LogP contribution in [0.3, 0.4) is 0 Å². The van der Waals surface area contributed by atoms with Crippen molar-refractivity contribution in [1.82, 2.24) is 24.5 Å². The molecule has 0 aliphatic carbocycles. The molecule has 0 aliphatic heterocycles. The van der Waals surface area contributed by atoms with E-state index in [-0.39, 0.29) is 0 Å². The summed E-state index contributed by atoms with van der Waals surface area (Å²) in [6.07, 6.45) is 8.61. The summed E-state index contributed by atoms with van der Waals surface area (Å²) >= 11 is 4.62. The molecule has 0 saturated heterocycles. The molecule has 0 bridgehead atoms. The van der Waals surface area contributed by atoms with Gasteiger partial charge in [-0.05, 0) is 41.9 Å². The molecule has 9 rings (SSSR count). The van der Waals surface area contributed by atoms with Crippen molar-refractivity contribution in [1.29, 1.82) is 0 Å². The molecule has 0 spiro atoms. The number of thiazole rings is 1. The second kappa shape index (κ2) is 9.73. The van der Waals surface area contributed by atoms with Crippen molar-refractivity contribution < 1.29 is 13.4 Å². The van der Waals surface area contributed by atoms with Gasteiger partial charge < -0.3 is 18.3 Å². The highest BCUT2D eigenvalue weighted by Crippen LogP contribution is 2.57. The molecular weight excluding hydrogens is 599 g/mol. The summed E-state index contributed by atoms with van der Waals surface area (Å²) in [6, 6.07) is 18.1. The quantitative estimate of drug-likeness (QED) is 0.198. The summed E-state index contributed by atoms with van der Waals surface area (Å²) in [4.78, 5) is 13.9. The molecule has 7 aromatic heterocycles. The SMILES string of the molecule is c1c[nH]c(-c2c(-c3ccon3)c(-c3cc4ccccc4o3)c(-c3nccs3)c3c(-c4ncco4)c(-c4ccsn4)sc23)c1. The van der Waals surface area contributed by atoms with Crippen molar-refractivity contribution >= 4 is 55.3 Å². The first-order valence-corrected chi connectivity index (χ1v) is 15.8. The van der Waals surface area contributed by atoms with Crippen LogP contribution in [0.4, 0.5) is 0 Å². The summed E-state index contributed by atoms with van der Waals surface area (Å²) in [6.45, 7) is 0. The van der Waals surface area contributed by atoms with Crippen LogP contribution in [0.15, 0.2) is 110 Å². The highest BCUT2D eigenvalue weighted by molar-refractivity contribution is 7.24. The fourth-order valence-corrected chi connectivity index (χ4v) is 8.25. The van der Waals surface area contributed by atoms with Crippen molar-refractivity contribution in [3.63, 3.8) is 0 Å². The topological polar surface area (TPSA) is 107 Å². The van der Waals surface area contributed by atoms with E-state index in [0.29, 0.717) is 17.3 Å². The average Bonchev–Trinajstić information content (AvgIpc) is 3.88. The zero-order valence-electron chi connectivity index (χ0n) is 22.0. The van der Waals surface area contributed by atoms with E-state index in [1.807, 2.05) is 59.6 Å². The van der Waals surface area contributed by atoms with Gasteiger partial charge in [0.05, 0.1) is 22.3 Å². The lowest BCUT2D eigenvalue weighted by atomic mass is 9.87. The number of rotatable bonds is 6. The molecule has 2 aromatic carbocycles. The third kappa shape index (κ3) is 3.79. The van der Waals surface area contributed by atoms with Crippen molar-refractivity contribution in [2.75, 3.05) is 0 Å². The van der Waals surface area contributed by atoms with E-state index in [9.17, 15) is 0 Å². The molecule has 43 heavy (non-hydrogen) atoms. The van der Waals surface area contributed by atoms with Crippen LogP contribution in [-0.2, 0) is 0 Å². The molecule has 206 valence electrons. The van der Waals surface area contributed by atoms with Crippen molar-refractivity contribution in [3.05, 3.63) is 96.5 Å². The Labute approximate surface area is 255 Å². The number of furan rings is 1. The summed E-state index contributed by atoms with van der Waals surface area (Å²) in [5.41, 5.74) is 7.71. The Morgan fingerprint density at radius 2 is 1.77 bits per heavy atom. The third-order valence-corrected chi connectivity index (χ3v) is 9.91. The molecule has 0 atom stereocenters. The molecule has 0 saturated carbocycles. The number of aromatic amines is 1. The van der Waals surface area contributed by atoms with Crippen LogP contribution in [0.2, 0.25) is 0 Å². The van der Waals surface area contributed by atoms with Crippen LogP contribution in [0.1, 0.15) is 0 Å². The zero-order valence-corrected chi connectivity index (χ0v) is 24.4. The molecule has 0 fully saturated rings. The van der Waals surface area contributed by atoms with E-state index in [4.69, 9.17) is 22.7 Å². The number of hydrogen-bond donors (Lipinski definition) is 1. The average molecular weight is 616 g/mol. The molecular formula is C32H17N5O3S3. The fraction of sp³-hybridized carbons (Fsp3) is 0. The van der Waals surface area contributed by atoms with Gasteiger partial charge in [-0.1, -0.05) is 23.4 Å². The van der Waals surface area contributed by atoms with Crippen LogP contribution in [0.25, 0.3) is 87.5 Å². The smallest absolute Gasteiger partial charge is 0.228 e. The maximum absolute atomic E-state index is 6.62. The number of nitrogens with zero attached hydrogens (tertiary/aromatic N) is 4. The first-order chi connectivity index (χ1) is 21.3. The van der Waals surface area contributed by atoms with Crippen molar-refractivity contribution in [3.8, 4) is 66.4 Å². The number of benzene rings is 2. The van der Waals surface area contributed by atoms with E-state index >= 15 is 0 Å². The predicted octanol–water partition coefficient (Wildman–Crippen LogP) is 9.87. The highest BCUT2D eigenvalue weighted by Gasteiger charge is 2.33. The van der Waals surface area contributed by atoms with Gasteiger partial charge in [-0.3, -0.25) is 0 Å². The first kappa shape index (κ1) is 24.5. The van der Waals surface area contributed by atoms with Crippen molar-refractivity contribution in [2.45, 2.75) is 0 Å². The van der Waals surface area contributed by atoms with E-state index in [1.54, 1.807) is 41.4 Å². The lowest BCUT2D eigenvalue weighted by Crippen LogP contribution is -1.96. The van der Waals surface area contributed by atoms with Gasteiger partial charge in [-0.25, -0.2) is 9.97 Å². The Morgan fingerprint density at radius 3 is 2.51 bits per heavy atom. The summed E-state index contributed by atoms with van der Waals surface area (Å²) in [5.74, 6) is 1.20. The third-order valence-electron chi connectivity index (χ3n) is 7.33. The normalized spacial score (nSPS) is 11.7. The molecule has 0 unspecified atom stereocenters. The van der Waals surface area contributed by atoms with E-state index < -0.39 is 0 Å². The van der Waals surface area contributed by atoms with Crippen LogP contribution >= 0.6 is 34.2 Å². The molecule has 8 nitrogen and oxygen atoms in total. The van der Waals surface area contributed by atoms with Gasteiger partial charge in [-0.15, -0.1) is 22.7 Å². The standard InChI is InChI=1S/C32H17N5O3S3/c1-2-6-21-17(4-1)16-22(40-21)25-23(19-7-12-39-36-19)24(18-5-3-9-33-18)30-26(27(25)32-35-11-15-41-32)28(31-34-10-13-38-31)29(43-30)20-8-14-42-37-20/h1-16,33H. The molecule has 0 amide bonds. The number of aromatic nitrogens is 5. The fourth-order valence-electron chi connectivity index (χ4n) is 5.65. The van der Waals surface area contributed by atoms with Gasteiger partial charge in [0.25, 0.3) is 0 Å². The van der Waals surface area contributed by atoms with E-state index in [0.717, 1.165) is 70.1 Å². The number of para-hydroxylation sites is 1. The van der Waals surface area contributed by atoms with Crippen LogP contribution in [-0.4, -0.2) is 24.5 Å². The number of oxazole rings is 1. The molecule has 11 heteroatoms. The molecule has 1 N–H and O–H groups in total. The summed E-state index contributed by atoms with van der Waals surface area (Å²) < 4.78 is 23.8. The van der Waals surface area contributed by atoms with Crippen molar-refractivity contribution in [2.24, 2.45) is 0 Å². The van der Waals surface area contributed by atoms with Gasteiger partial charge in [0.1, 0.15) is 34.6 Å². The van der Waals surface area contributed by atoms with Gasteiger partial charge in [-0.2, -0.15) is 4.37 Å².